The molecule has 0 N–H and O–H groups in total. The molecule has 0 unspecified atom stereocenters. The summed E-state index contributed by atoms with van der Waals surface area (Å²) in [5.41, 5.74) is 0. The molecule has 0 saturated carbocycles. The molecule has 0 aliphatic carbocycles. The molecule has 0 bridgehead atoms. The molecule has 0 aliphatic heterocycles. The van der Waals surface area contributed by atoms with Gasteiger partial charge in [-0.1, -0.05) is 0 Å². The van der Waals surface area contributed by atoms with Crippen LogP contribution in [-0.4, -0.2) is 41.3 Å². The second-order valence-electron chi connectivity index (χ2n) is 5.82. The molecular weight excluding hydrogens is 355 g/mol. The third-order valence-corrected chi connectivity index (χ3v) is 8.78. The van der Waals surface area contributed by atoms with Crippen LogP contribution in [0.3, 0.4) is 0 Å². The van der Waals surface area contributed by atoms with Gasteiger partial charge in [-0.2, -0.15) is 0 Å². The van der Waals surface area contributed by atoms with Gasteiger partial charge in [0.2, 0.25) is 0 Å². The van der Waals surface area contributed by atoms with E-state index in [-0.39, 0.29) is 0 Å². The number of hydrogen-bond donors (Lipinski definition) is 0. The third-order valence-electron chi connectivity index (χ3n) is 3.91. The van der Waals surface area contributed by atoms with Gasteiger partial charge in [0.25, 0.3) is 0 Å². The van der Waals surface area contributed by atoms with Gasteiger partial charge >= 0.3 is 134 Å². The van der Waals surface area contributed by atoms with Crippen molar-refractivity contribution < 1.29 is 0 Å². The van der Waals surface area contributed by atoms with Gasteiger partial charge in [-0.3, -0.25) is 0 Å². The fourth-order valence-corrected chi connectivity index (χ4v) is 7.44. The minimum absolute atomic E-state index is 0.564. The van der Waals surface area contributed by atoms with Gasteiger partial charge in [0.05, 0.1) is 0 Å². The molecular formula is C15H30N4Sn. The van der Waals surface area contributed by atoms with Crippen molar-refractivity contribution in [1.29, 1.82) is 0 Å². The van der Waals surface area contributed by atoms with E-state index in [2.05, 4.69) is 36.2 Å². The summed E-state index contributed by atoms with van der Waals surface area (Å²) in [4.78, 5) is 1.63. The van der Waals surface area contributed by atoms with Crippen LogP contribution in [-0.2, 0) is 7.05 Å². The second kappa shape index (κ2) is 9.74. The molecule has 0 fully saturated rings. The SMILES string of the molecule is CCCC[C](CCCC)(CCCC)[Sn][c]1nnn(C)n1. The van der Waals surface area contributed by atoms with Crippen LogP contribution in [0.5, 0.6) is 0 Å². The maximum atomic E-state index is 4.49. The van der Waals surface area contributed by atoms with Crippen molar-refractivity contribution in [3.8, 4) is 0 Å². The summed E-state index contributed by atoms with van der Waals surface area (Å²) in [6, 6.07) is 0. The molecule has 2 radical (unpaired) electrons. The third kappa shape index (κ3) is 6.10. The predicted molar refractivity (Wildman–Crippen MR) is 85.5 cm³/mol. The van der Waals surface area contributed by atoms with E-state index in [4.69, 9.17) is 0 Å². The van der Waals surface area contributed by atoms with Crippen LogP contribution in [0.4, 0.5) is 0 Å². The fourth-order valence-electron chi connectivity index (χ4n) is 2.68. The van der Waals surface area contributed by atoms with Gasteiger partial charge in [0.15, 0.2) is 0 Å². The van der Waals surface area contributed by atoms with Crippen LogP contribution >= 0.6 is 0 Å². The summed E-state index contributed by atoms with van der Waals surface area (Å²) in [5, 5.41) is 12.8. The van der Waals surface area contributed by atoms with Crippen LogP contribution < -0.4 is 3.84 Å². The van der Waals surface area contributed by atoms with Crippen LogP contribution in [0.1, 0.15) is 78.6 Å². The normalized spacial score (nSPS) is 12.0. The number of unbranched alkanes of at least 4 members (excludes halogenated alkanes) is 3. The average molecular weight is 385 g/mol. The van der Waals surface area contributed by atoms with Crippen LogP contribution in [0.15, 0.2) is 0 Å². The Morgan fingerprint density at radius 3 is 1.80 bits per heavy atom. The van der Waals surface area contributed by atoms with Gasteiger partial charge in [0.1, 0.15) is 0 Å². The van der Waals surface area contributed by atoms with E-state index < -0.39 is 21.1 Å². The molecule has 0 spiro atoms. The van der Waals surface area contributed by atoms with E-state index >= 15 is 0 Å². The zero-order valence-corrected chi connectivity index (χ0v) is 16.5. The summed E-state index contributed by atoms with van der Waals surface area (Å²) in [7, 11) is 1.88. The van der Waals surface area contributed by atoms with Crippen molar-refractivity contribution in [2.24, 2.45) is 7.05 Å². The average Bonchev–Trinajstić information content (AvgIpc) is 2.85. The van der Waals surface area contributed by atoms with Crippen molar-refractivity contribution in [2.75, 3.05) is 0 Å². The Labute approximate surface area is 134 Å². The molecule has 20 heavy (non-hydrogen) atoms. The van der Waals surface area contributed by atoms with Crippen molar-refractivity contribution in [2.45, 2.75) is 82.0 Å². The van der Waals surface area contributed by atoms with Crippen molar-refractivity contribution >= 4 is 25.0 Å². The number of aryl methyl sites for hydroxylation is 1. The van der Waals surface area contributed by atoms with E-state index in [1.165, 1.54) is 57.8 Å². The van der Waals surface area contributed by atoms with E-state index in [0.29, 0.717) is 3.43 Å². The number of hydrogen-bond acceptors (Lipinski definition) is 3. The number of aromatic nitrogens is 4. The van der Waals surface area contributed by atoms with Gasteiger partial charge in [-0.15, -0.1) is 0 Å². The molecule has 0 amide bonds. The molecule has 5 heteroatoms. The quantitative estimate of drug-likeness (QED) is 0.550. The molecule has 1 aromatic rings. The fraction of sp³-hybridized carbons (Fsp3) is 0.933. The van der Waals surface area contributed by atoms with Crippen LogP contribution in [0, 0.1) is 0 Å². The first kappa shape index (κ1) is 17.9. The second-order valence-corrected chi connectivity index (χ2v) is 10.8. The number of rotatable bonds is 11. The van der Waals surface area contributed by atoms with E-state index in [0.717, 1.165) is 3.84 Å². The summed E-state index contributed by atoms with van der Waals surface area (Å²) < 4.78 is 1.66. The molecule has 1 heterocycles. The summed E-state index contributed by atoms with van der Waals surface area (Å²) >= 11 is -0.775. The van der Waals surface area contributed by atoms with Crippen LogP contribution in [0.25, 0.3) is 0 Å². The molecule has 0 atom stereocenters. The van der Waals surface area contributed by atoms with Gasteiger partial charge in [-0.05, 0) is 0 Å². The summed E-state index contributed by atoms with van der Waals surface area (Å²) in [6.45, 7) is 6.90. The maximum absolute atomic E-state index is 4.49. The Balaban J connectivity index is 2.80. The standard InChI is InChI=1S/C13H27.C2H3N4.Sn/c1-4-7-10-13(11-8-5-2)12-9-6-3;1-6-4-2-3-5-6;/h4-12H2,1-3H3;1H3;. The Morgan fingerprint density at radius 1 is 0.950 bits per heavy atom. The topological polar surface area (TPSA) is 43.6 Å². The molecule has 0 aliphatic rings. The first-order valence-electron chi connectivity index (χ1n) is 8.18. The molecule has 1 rings (SSSR count). The zero-order valence-electron chi connectivity index (χ0n) is 13.7. The first-order chi connectivity index (χ1) is 9.65. The van der Waals surface area contributed by atoms with E-state index in [1.807, 2.05) is 7.05 Å². The zero-order chi connectivity index (χ0) is 14.8. The summed E-state index contributed by atoms with van der Waals surface area (Å²) in [6.07, 6.45) is 12.1. The monoisotopic (exact) mass is 386 g/mol. The van der Waals surface area contributed by atoms with Gasteiger partial charge < -0.3 is 0 Å². The van der Waals surface area contributed by atoms with E-state index in [1.54, 1.807) is 4.80 Å². The molecule has 0 saturated heterocycles. The van der Waals surface area contributed by atoms with Gasteiger partial charge in [0, 0.05) is 0 Å². The number of nitrogens with zero attached hydrogens (tertiary/aromatic N) is 4. The van der Waals surface area contributed by atoms with Crippen molar-refractivity contribution in [3.05, 3.63) is 0 Å². The molecule has 4 nitrogen and oxygen atoms in total. The minimum atomic E-state index is -0.775. The van der Waals surface area contributed by atoms with Gasteiger partial charge in [-0.25, -0.2) is 0 Å². The van der Waals surface area contributed by atoms with Crippen molar-refractivity contribution in [3.63, 3.8) is 0 Å². The number of tetrazole rings is 1. The Hall–Kier alpha value is -0.131. The molecule has 114 valence electrons. The predicted octanol–water partition coefficient (Wildman–Crippen LogP) is 3.27. The van der Waals surface area contributed by atoms with Crippen LogP contribution in [0.2, 0.25) is 3.43 Å². The van der Waals surface area contributed by atoms with E-state index in [9.17, 15) is 0 Å². The molecule has 1 aromatic heterocycles. The first-order valence-corrected chi connectivity index (χ1v) is 11.0. The van der Waals surface area contributed by atoms with Crippen molar-refractivity contribution in [1.82, 2.24) is 20.2 Å². The Morgan fingerprint density at radius 2 is 1.45 bits per heavy atom. The molecule has 0 aromatic carbocycles. The Kier molecular flexibility index (Phi) is 8.73. The summed E-state index contributed by atoms with van der Waals surface area (Å²) in [5.74, 6) is 0. The Bertz CT molecular complexity index is 343.